The van der Waals surface area contributed by atoms with Gasteiger partial charge in [-0.15, -0.1) is 0 Å². The number of nitrogens with one attached hydrogen (secondary N) is 1. The van der Waals surface area contributed by atoms with E-state index < -0.39 is 10.0 Å². The van der Waals surface area contributed by atoms with Crippen LogP contribution in [0.4, 0.5) is 11.4 Å². The molecule has 0 amide bonds. The van der Waals surface area contributed by atoms with E-state index in [1.807, 2.05) is 6.07 Å². The fourth-order valence-corrected chi connectivity index (χ4v) is 3.28. The molecule has 2 rings (SSSR count). The van der Waals surface area contributed by atoms with E-state index in [2.05, 4.69) is 4.72 Å². The number of sulfonamides is 1. The summed E-state index contributed by atoms with van der Waals surface area (Å²) < 4.78 is 27.2. The number of hydrogen-bond donors (Lipinski definition) is 2. The van der Waals surface area contributed by atoms with Crippen LogP contribution in [-0.2, 0) is 10.0 Å². The highest BCUT2D eigenvalue weighted by Crippen LogP contribution is 2.25. The smallest absolute Gasteiger partial charge is 0.263 e. The monoisotopic (exact) mass is 321 g/mol. The fraction of sp³-hybridized carbons (Fsp3) is 0.0714. The van der Waals surface area contributed by atoms with Crippen molar-refractivity contribution in [1.29, 1.82) is 5.26 Å². The third-order valence-corrected chi connectivity index (χ3v) is 4.54. The van der Waals surface area contributed by atoms with Crippen molar-refractivity contribution < 1.29 is 8.42 Å². The number of nitrogens with two attached hydrogens (primary N) is 1. The molecule has 0 atom stereocenters. The number of hydrogen-bond acceptors (Lipinski definition) is 4. The lowest BCUT2D eigenvalue weighted by Gasteiger charge is -2.12. The van der Waals surface area contributed by atoms with Crippen LogP contribution < -0.4 is 10.5 Å². The molecular weight excluding hydrogens is 310 g/mol. The van der Waals surface area contributed by atoms with Gasteiger partial charge in [-0.3, -0.25) is 4.72 Å². The SMILES string of the molecule is Cc1cc(Cl)ccc1NS(=O)(=O)c1ccc(C#N)cc1N. The van der Waals surface area contributed by atoms with Gasteiger partial charge in [0, 0.05) is 5.02 Å². The minimum atomic E-state index is -3.83. The molecule has 0 fully saturated rings. The first-order valence-electron chi connectivity index (χ1n) is 5.92. The van der Waals surface area contributed by atoms with Crippen LogP contribution in [0.15, 0.2) is 41.3 Å². The van der Waals surface area contributed by atoms with E-state index in [1.165, 1.54) is 18.2 Å². The van der Waals surface area contributed by atoms with Gasteiger partial charge in [0.1, 0.15) is 4.90 Å². The third kappa shape index (κ3) is 3.27. The summed E-state index contributed by atoms with van der Waals surface area (Å²) in [6, 6.07) is 10.8. The summed E-state index contributed by atoms with van der Waals surface area (Å²) in [5.41, 5.74) is 7.14. The first-order valence-corrected chi connectivity index (χ1v) is 7.78. The van der Waals surface area contributed by atoms with Crippen LogP contribution in [0.5, 0.6) is 0 Å². The van der Waals surface area contributed by atoms with Crippen molar-refractivity contribution in [3.05, 3.63) is 52.5 Å². The molecule has 0 aliphatic heterocycles. The molecule has 0 aromatic heterocycles. The Kier molecular flexibility index (Phi) is 4.07. The Morgan fingerprint density at radius 1 is 1.24 bits per heavy atom. The van der Waals surface area contributed by atoms with Crippen LogP contribution in [0, 0.1) is 18.3 Å². The Labute approximate surface area is 128 Å². The van der Waals surface area contributed by atoms with Crippen LogP contribution in [-0.4, -0.2) is 8.42 Å². The van der Waals surface area contributed by atoms with Gasteiger partial charge in [0.25, 0.3) is 10.0 Å². The highest BCUT2D eigenvalue weighted by Gasteiger charge is 2.18. The number of halogens is 1. The zero-order valence-corrected chi connectivity index (χ0v) is 12.7. The van der Waals surface area contributed by atoms with E-state index in [0.717, 1.165) is 0 Å². The van der Waals surface area contributed by atoms with E-state index in [1.54, 1.807) is 25.1 Å². The quantitative estimate of drug-likeness (QED) is 0.849. The van der Waals surface area contributed by atoms with Crippen LogP contribution in [0.3, 0.4) is 0 Å². The maximum Gasteiger partial charge on any atom is 0.263 e. The predicted octanol–water partition coefficient (Wildman–Crippen LogP) is 2.90. The number of benzene rings is 2. The van der Waals surface area contributed by atoms with E-state index in [0.29, 0.717) is 21.8 Å². The van der Waals surface area contributed by atoms with Crippen LogP contribution >= 0.6 is 11.6 Å². The minimum Gasteiger partial charge on any atom is -0.398 e. The van der Waals surface area contributed by atoms with Crippen LogP contribution in [0.1, 0.15) is 11.1 Å². The van der Waals surface area contributed by atoms with Crippen molar-refractivity contribution >= 4 is 33.0 Å². The Bertz CT molecular complexity index is 842. The number of aryl methyl sites for hydroxylation is 1. The van der Waals surface area contributed by atoms with Gasteiger partial charge >= 0.3 is 0 Å². The molecule has 3 N–H and O–H groups in total. The molecule has 0 unspecified atom stereocenters. The second-order valence-electron chi connectivity index (χ2n) is 4.43. The van der Waals surface area contributed by atoms with E-state index >= 15 is 0 Å². The lowest BCUT2D eigenvalue weighted by atomic mass is 10.2. The van der Waals surface area contributed by atoms with Gasteiger partial charge in [-0.2, -0.15) is 5.26 Å². The molecule has 2 aromatic rings. The average molecular weight is 322 g/mol. The number of anilines is 2. The highest BCUT2D eigenvalue weighted by atomic mass is 35.5. The Hall–Kier alpha value is -2.23. The van der Waals surface area contributed by atoms with Crippen molar-refractivity contribution in [2.75, 3.05) is 10.5 Å². The summed E-state index contributed by atoms with van der Waals surface area (Å²) in [6.07, 6.45) is 0. The summed E-state index contributed by atoms with van der Waals surface area (Å²) in [7, 11) is -3.83. The third-order valence-electron chi connectivity index (χ3n) is 2.86. The molecule has 0 aliphatic rings. The van der Waals surface area contributed by atoms with Gasteiger partial charge in [-0.25, -0.2) is 8.42 Å². The molecule has 0 bridgehead atoms. The molecule has 0 aliphatic carbocycles. The second-order valence-corrected chi connectivity index (χ2v) is 6.52. The maximum atomic E-state index is 12.4. The zero-order valence-electron chi connectivity index (χ0n) is 11.1. The van der Waals surface area contributed by atoms with Gasteiger partial charge in [0.15, 0.2) is 0 Å². The van der Waals surface area contributed by atoms with Crippen LogP contribution in [0.2, 0.25) is 5.02 Å². The molecule has 0 heterocycles. The maximum absolute atomic E-state index is 12.4. The molecule has 0 saturated carbocycles. The van der Waals surface area contributed by atoms with Gasteiger partial charge in [0.2, 0.25) is 0 Å². The largest absolute Gasteiger partial charge is 0.398 e. The molecule has 0 saturated heterocycles. The van der Waals surface area contributed by atoms with Gasteiger partial charge in [-0.05, 0) is 48.9 Å². The Morgan fingerprint density at radius 3 is 2.52 bits per heavy atom. The van der Waals surface area contributed by atoms with Crippen molar-refractivity contribution in [3.8, 4) is 6.07 Å². The predicted molar refractivity (Wildman–Crippen MR) is 82.6 cm³/mol. The van der Waals surface area contributed by atoms with E-state index in [9.17, 15) is 8.42 Å². The highest BCUT2D eigenvalue weighted by molar-refractivity contribution is 7.92. The first kappa shape index (κ1) is 15.2. The standard InChI is InChI=1S/C14H12ClN3O2S/c1-9-6-11(15)3-4-13(9)18-21(19,20)14-5-2-10(8-16)7-12(14)17/h2-7,18H,17H2,1H3. The molecule has 108 valence electrons. The van der Waals surface area contributed by atoms with Crippen molar-refractivity contribution in [3.63, 3.8) is 0 Å². The minimum absolute atomic E-state index is 0.0215. The second kappa shape index (κ2) is 5.64. The van der Waals surface area contributed by atoms with Crippen molar-refractivity contribution in [2.24, 2.45) is 0 Å². The van der Waals surface area contributed by atoms with Crippen molar-refractivity contribution in [1.82, 2.24) is 0 Å². The molecule has 2 aromatic carbocycles. The zero-order chi connectivity index (χ0) is 15.6. The summed E-state index contributed by atoms with van der Waals surface area (Å²) in [4.78, 5) is -0.0733. The molecule has 21 heavy (non-hydrogen) atoms. The van der Waals surface area contributed by atoms with Gasteiger partial charge < -0.3 is 5.73 Å². The number of rotatable bonds is 3. The number of nitriles is 1. The molecule has 7 heteroatoms. The normalized spacial score (nSPS) is 10.9. The molecule has 0 radical (unpaired) electrons. The summed E-state index contributed by atoms with van der Waals surface area (Å²) in [5.74, 6) is 0. The lowest BCUT2D eigenvalue weighted by Crippen LogP contribution is -2.15. The summed E-state index contributed by atoms with van der Waals surface area (Å²) >= 11 is 5.84. The van der Waals surface area contributed by atoms with Gasteiger partial charge in [-0.1, -0.05) is 11.6 Å². The molecule has 5 nitrogen and oxygen atoms in total. The van der Waals surface area contributed by atoms with Crippen molar-refractivity contribution in [2.45, 2.75) is 11.8 Å². The summed E-state index contributed by atoms with van der Waals surface area (Å²) in [6.45, 7) is 1.74. The average Bonchev–Trinajstić information content (AvgIpc) is 2.41. The Balaban J connectivity index is 2.41. The van der Waals surface area contributed by atoms with Crippen LogP contribution in [0.25, 0.3) is 0 Å². The topological polar surface area (TPSA) is 96.0 Å². The Morgan fingerprint density at radius 2 is 1.95 bits per heavy atom. The molecule has 0 spiro atoms. The number of nitrogen functional groups attached to an aromatic ring is 1. The van der Waals surface area contributed by atoms with Gasteiger partial charge in [0.05, 0.1) is 23.0 Å². The number of nitrogens with zero attached hydrogens (tertiary/aromatic N) is 1. The van der Waals surface area contributed by atoms with E-state index in [-0.39, 0.29) is 10.6 Å². The fourth-order valence-electron chi connectivity index (χ4n) is 1.80. The lowest BCUT2D eigenvalue weighted by molar-refractivity contribution is 0.601. The first-order chi connectivity index (χ1) is 9.83. The van der Waals surface area contributed by atoms with E-state index in [4.69, 9.17) is 22.6 Å². The molecular formula is C14H12ClN3O2S. The summed E-state index contributed by atoms with van der Waals surface area (Å²) in [5, 5.41) is 9.29.